The van der Waals surface area contributed by atoms with Gasteiger partial charge in [-0.25, -0.2) is 9.97 Å². The van der Waals surface area contributed by atoms with Crippen LogP contribution in [0.2, 0.25) is 0 Å². The predicted molar refractivity (Wildman–Crippen MR) is 82.4 cm³/mol. The van der Waals surface area contributed by atoms with Gasteiger partial charge in [-0.05, 0) is 31.2 Å². The minimum atomic E-state index is -4.19. The second-order valence-electron chi connectivity index (χ2n) is 6.10. The lowest BCUT2D eigenvalue weighted by Gasteiger charge is -2.26. The fourth-order valence-corrected chi connectivity index (χ4v) is 4.18. The van der Waals surface area contributed by atoms with Crippen molar-refractivity contribution in [1.82, 2.24) is 9.97 Å². The highest BCUT2D eigenvalue weighted by molar-refractivity contribution is 7.18. The molecule has 0 N–H and O–H groups in total. The molecule has 120 valence electrons. The molecule has 0 amide bonds. The van der Waals surface area contributed by atoms with Gasteiger partial charge in [0.15, 0.2) is 0 Å². The van der Waals surface area contributed by atoms with Crippen molar-refractivity contribution < 1.29 is 13.2 Å². The Bertz CT molecular complexity index is 668. The Labute approximate surface area is 131 Å². The monoisotopic (exact) mass is 329 g/mol. The number of aromatic nitrogens is 2. The summed E-state index contributed by atoms with van der Waals surface area (Å²) in [5.41, 5.74) is 0. The molecule has 0 radical (unpaired) electrons. The molecule has 2 unspecified atom stereocenters. The molecule has 2 aromatic rings. The van der Waals surface area contributed by atoms with E-state index in [1.807, 2.05) is 7.05 Å². The molecule has 1 saturated carbocycles. The zero-order chi connectivity index (χ0) is 15.9. The van der Waals surface area contributed by atoms with Crippen LogP contribution in [0.4, 0.5) is 19.0 Å². The first-order chi connectivity index (χ1) is 10.3. The lowest BCUT2D eigenvalue weighted by Crippen LogP contribution is -2.30. The molecule has 7 heteroatoms. The smallest absolute Gasteiger partial charge is 0.356 e. The molecule has 2 atom stereocenters. The molecule has 0 spiro atoms. The maximum Gasteiger partial charge on any atom is 0.393 e. The van der Waals surface area contributed by atoms with E-state index in [1.165, 1.54) is 12.7 Å². The fourth-order valence-electron chi connectivity index (χ4n) is 3.16. The molecule has 2 heterocycles. The SMILES string of the molecule is CC1CCC(N(C)c2ncnc3sc(CC(F)(F)F)cc23)C1. The zero-order valence-corrected chi connectivity index (χ0v) is 13.3. The predicted octanol–water partition coefficient (Wildman–Crippen LogP) is 4.42. The van der Waals surface area contributed by atoms with E-state index in [4.69, 9.17) is 0 Å². The summed E-state index contributed by atoms with van der Waals surface area (Å²) in [5, 5.41) is 0.730. The fraction of sp³-hybridized carbons (Fsp3) is 0.600. The van der Waals surface area contributed by atoms with Gasteiger partial charge in [0.25, 0.3) is 0 Å². The van der Waals surface area contributed by atoms with Crippen molar-refractivity contribution in [2.75, 3.05) is 11.9 Å². The molecule has 0 saturated heterocycles. The van der Waals surface area contributed by atoms with Crippen LogP contribution in [0, 0.1) is 5.92 Å². The van der Waals surface area contributed by atoms with E-state index in [1.54, 1.807) is 6.07 Å². The average molecular weight is 329 g/mol. The molecule has 1 fully saturated rings. The Morgan fingerprint density at radius 1 is 1.32 bits per heavy atom. The van der Waals surface area contributed by atoms with Gasteiger partial charge < -0.3 is 4.90 Å². The van der Waals surface area contributed by atoms with E-state index >= 15 is 0 Å². The largest absolute Gasteiger partial charge is 0.393 e. The molecule has 22 heavy (non-hydrogen) atoms. The van der Waals surface area contributed by atoms with Crippen molar-refractivity contribution in [1.29, 1.82) is 0 Å². The van der Waals surface area contributed by atoms with Gasteiger partial charge >= 0.3 is 6.18 Å². The van der Waals surface area contributed by atoms with E-state index in [0.717, 1.165) is 35.4 Å². The highest BCUT2D eigenvalue weighted by Crippen LogP contribution is 2.36. The van der Waals surface area contributed by atoms with E-state index < -0.39 is 12.6 Å². The van der Waals surface area contributed by atoms with Crippen molar-refractivity contribution in [3.8, 4) is 0 Å². The molecular formula is C15H18F3N3S. The molecule has 3 rings (SSSR count). The summed E-state index contributed by atoms with van der Waals surface area (Å²) in [6.45, 7) is 2.23. The Balaban J connectivity index is 1.92. The van der Waals surface area contributed by atoms with Gasteiger partial charge in [0.2, 0.25) is 0 Å². The van der Waals surface area contributed by atoms with Gasteiger partial charge in [-0.15, -0.1) is 11.3 Å². The highest BCUT2D eigenvalue weighted by atomic mass is 32.1. The van der Waals surface area contributed by atoms with Crippen LogP contribution in [-0.4, -0.2) is 29.2 Å². The maximum atomic E-state index is 12.6. The minimum Gasteiger partial charge on any atom is -0.356 e. The van der Waals surface area contributed by atoms with Crippen LogP contribution in [-0.2, 0) is 6.42 Å². The number of hydrogen-bond donors (Lipinski definition) is 0. The van der Waals surface area contributed by atoms with Crippen LogP contribution in [0.15, 0.2) is 12.4 Å². The van der Waals surface area contributed by atoms with Gasteiger partial charge in [0.05, 0.1) is 11.8 Å². The number of hydrogen-bond acceptors (Lipinski definition) is 4. The van der Waals surface area contributed by atoms with Gasteiger partial charge in [-0.3, -0.25) is 0 Å². The number of alkyl halides is 3. The van der Waals surface area contributed by atoms with Crippen molar-refractivity contribution >= 4 is 27.4 Å². The minimum absolute atomic E-state index is 0.289. The Hall–Kier alpha value is -1.37. The Morgan fingerprint density at radius 3 is 2.73 bits per heavy atom. The van der Waals surface area contributed by atoms with E-state index in [2.05, 4.69) is 21.8 Å². The Kier molecular flexibility index (Phi) is 4.01. The van der Waals surface area contributed by atoms with Gasteiger partial charge in [-0.2, -0.15) is 13.2 Å². The van der Waals surface area contributed by atoms with Crippen LogP contribution in [0.3, 0.4) is 0 Å². The third kappa shape index (κ3) is 3.19. The lowest BCUT2D eigenvalue weighted by molar-refractivity contribution is -0.126. The number of thiophene rings is 1. The van der Waals surface area contributed by atoms with Gasteiger partial charge in [0, 0.05) is 18.0 Å². The van der Waals surface area contributed by atoms with Gasteiger partial charge in [0.1, 0.15) is 17.0 Å². The summed E-state index contributed by atoms with van der Waals surface area (Å²) in [6.07, 6.45) is -0.268. The first-order valence-corrected chi connectivity index (χ1v) is 8.18. The highest BCUT2D eigenvalue weighted by Gasteiger charge is 2.30. The van der Waals surface area contributed by atoms with E-state index in [9.17, 15) is 13.2 Å². The second kappa shape index (κ2) is 5.68. The second-order valence-corrected chi connectivity index (χ2v) is 7.22. The summed E-state index contributed by atoms with van der Waals surface area (Å²) in [5.74, 6) is 1.43. The summed E-state index contributed by atoms with van der Waals surface area (Å²) < 4.78 is 37.7. The van der Waals surface area contributed by atoms with Crippen LogP contribution in [0.25, 0.3) is 10.2 Å². The van der Waals surface area contributed by atoms with Crippen molar-refractivity contribution in [2.45, 2.75) is 44.8 Å². The number of nitrogens with zero attached hydrogens (tertiary/aromatic N) is 3. The maximum absolute atomic E-state index is 12.6. The zero-order valence-electron chi connectivity index (χ0n) is 12.5. The van der Waals surface area contributed by atoms with Crippen LogP contribution in [0.1, 0.15) is 31.1 Å². The third-order valence-electron chi connectivity index (χ3n) is 4.28. The molecular weight excluding hydrogens is 311 g/mol. The van der Waals surface area contributed by atoms with E-state index in [-0.39, 0.29) is 4.88 Å². The molecule has 1 aliphatic carbocycles. The van der Waals surface area contributed by atoms with Crippen LogP contribution >= 0.6 is 11.3 Å². The molecule has 3 nitrogen and oxygen atoms in total. The Morgan fingerprint density at radius 2 is 2.09 bits per heavy atom. The number of halogens is 3. The quantitative estimate of drug-likeness (QED) is 0.834. The third-order valence-corrected chi connectivity index (χ3v) is 5.33. The van der Waals surface area contributed by atoms with Gasteiger partial charge in [-0.1, -0.05) is 6.92 Å². The van der Waals surface area contributed by atoms with E-state index in [0.29, 0.717) is 16.8 Å². The summed E-state index contributed by atoms with van der Waals surface area (Å²) in [4.78, 5) is 11.5. The number of fused-ring (bicyclic) bond motifs is 1. The summed E-state index contributed by atoms with van der Waals surface area (Å²) >= 11 is 1.10. The first kappa shape index (κ1) is 15.5. The average Bonchev–Trinajstić information content (AvgIpc) is 3.00. The standard InChI is InChI=1S/C15H18F3N3S/c1-9-3-4-10(5-9)21(2)13-12-6-11(7-15(16,17)18)22-14(12)20-8-19-13/h6,8-10H,3-5,7H2,1-2H3. The molecule has 0 aromatic carbocycles. The molecule has 2 aromatic heterocycles. The van der Waals surface area contributed by atoms with Crippen molar-refractivity contribution in [2.24, 2.45) is 5.92 Å². The molecule has 0 aliphatic heterocycles. The normalized spacial score (nSPS) is 22.4. The van der Waals surface area contributed by atoms with Crippen LogP contribution < -0.4 is 4.90 Å². The van der Waals surface area contributed by atoms with Crippen molar-refractivity contribution in [3.63, 3.8) is 0 Å². The first-order valence-electron chi connectivity index (χ1n) is 7.36. The topological polar surface area (TPSA) is 29.0 Å². The number of anilines is 1. The molecule has 0 bridgehead atoms. The molecule has 1 aliphatic rings. The number of rotatable bonds is 3. The summed E-state index contributed by atoms with van der Waals surface area (Å²) in [7, 11) is 1.98. The van der Waals surface area contributed by atoms with Crippen LogP contribution in [0.5, 0.6) is 0 Å². The summed E-state index contributed by atoms with van der Waals surface area (Å²) in [6, 6.07) is 2.00. The van der Waals surface area contributed by atoms with Crippen molar-refractivity contribution in [3.05, 3.63) is 17.3 Å². The lowest BCUT2D eigenvalue weighted by atomic mass is 10.1.